The van der Waals surface area contributed by atoms with Crippen LogP contribution in [0.25, 0.3) is 11.6 Å². The highest BCUT2D eigenvalue weighted by atomic mass is 16.5. The highest BCUT2D eigenvalue weighted by Crippen LogP contribution is 2.29. The molecular formula is C18H18O4. The standard InChI is InChI=1S/C18H18O4/c1-12-7-8-17(22-3)15(9-12)16(18(19)20)11-13-5-4-6-14(10-13)21-2/h4-11H,1-3H3,(H,19,20)/b16-11-. The van der Waals surface area contributed by atoms with Crippen LogP contribution in [-0.2, 0) is 4.79 Å². The molecule has 0 aliphatic carbocycles. The van der Waals surface area contributed by atoms with Gasteiger partial charge in [0.25, 0.3) is 0 Å². The lowest BCUT2D eigenvalue weighted by Gasteiger charge is -2.10. The zero-order chi connectivity index (χ0) is 16.1. The molecule has 4 nitrogen and oxygen atoms in total. The molecule has 22 heavy (non-hydrogen) atoms. The number of aryl methyl sites for hydroxylation is 1. The Bertz CT molecular complexity index is 717. The molecule has 0 aliphatic heterocycles. The Balaban J connectivity index is 2.57. The lowest BCUT2D eigenvalue weighted by molar-refractivity contribution is -0.130. The Hall–Kier alpha value is -2.75. The zero-order valence-corrected chi connectivity index (χ0v) is 12.8. The summed E-state index contributed by atoms with van der Waals surface area (Å²) in [6, 6.07) is 12.7. The monoisotopic (exact) mass is 298 g/mol. The van der Waals surface area contributed by atoms with Gasteiger partial charge in [-0.1, -0.05) is 23.8 Å². The fourth-order valence-corrected chi connectivity index (χ4v) is 2.18. The van der Waals surface area contributed by atoms with Crippen LogP contribution < -0.4 is 9.47 Å². The van der Waals surface area contributed by atoms with Gasteiger partial charge in [0.05, 0.1) is 19.8 Å². The molecule has 0 heterocycles. The third-order valence-electron chi connectivity index (χ3n) is 3.28. The first-order chi connectivity index (χ1) is 10.5. The molecule has 4 heteroatoms. The molecule has 1 N–H and O–H groups in total. The molecule has 0 radical (unpaired) electrons. The first-order valence-corrected chi connectivity index (χ1v) is 6.79. The molecule has 0 saturated carbocycles. The van der Waals surface area contributed by atoms with Crippen LogP contribution in [0.1, 0.15) is 16.7 Å². The Morgan fingerprint density at radius 1 is 1.09 bits per heavy atom. The van der Waals surface area contributed by atoms with Crippen molar-refractivity contribution in [3.8, 4) is 11.5 Å². The van der Waals surface area contributed by atoms with E-state index in [0.717, 1.165) is 11.1 Å². The quantitative estimate of drug-likeness (QED) is 0.676. The van der Waals surface area contributed by atoms with E-state index >= 15 is 0 Å². The predicted molar refractivity (Wildman–Crippen MR) is 86.2 cm³/mol. The van der Waals surface area contributed by atoms with Gasteiger partial charge in [0.15, 0.2) is 0 Å². The van der Waals surface area contributed by atoms with Crippen LogP contribution in [0.15, 0.2) is 42.5 Å². The molecule has 0 spiro atoms. The summed E-state index contributed by atoms with van der Waals surface area (Å²) in [7, 11) is 3.10. The molecule has 114 valence electrons. The van der Waals surface area contributed by atoms with E-state index < -0.39 is 5.97 Å². The van der Waals surface area contributed by atoms with Gasteiger partial charge in [0, 0.05) is 5.56 Å². The lowest BCUT2D eigenvalue weighted by Crippen LogP contribution is -2.02. The van der Waals surface area contributed by atoms with Crippen LogP contribution in [0.4, 0.5) is 0 Å². The maximum Gasteiger partial charge on any atom is 0.336 e. The molecule has 0 fully saturated rings. The van der Waals surface area contributed by atoms with E-state index in [1.54, 1.807) is 31.4 Å². The number of aliphatic carboxylic acids is 1. The number of hydrogen-bond donors (Lipinski definition) is 1. The highest BCUT2D eigenvalue weighted by Gasteiger charge is 2.16. The molecule has 0 amide bonds. The van der Waals surface area contributed by atoms with Crippen molar-refractivity contribution in [1.82, 2.24) is 0 Å². The third-order valence-corrected chi connectivity index (χ3v) is 3.28. The average molecular weight is 298 g/mol. The number of benzene rings is 2. The molecule has 2 aromatic carbocycles. The van der Waals surface area contributed by atoms with Crippen molar-refractivity contribution in [2.75, 3.05) is 14.2 Å². The maximum atomic E-state index is 11.7. The average Bonchev–Trinajstić information content (AvgIpc) is 2.52. The lowest BCUT2D eigenvalue weighted by atomic mass is 10.00. The van der Waals surface area contributed by atoms with Gasteiger partial charge in [0.2, 0.25) is 0 Å². The number of carboxylic acids is 1. The summed E-state index contributed by atoms with van der Waals surface area (Å²) in [6.45, 7) is 1.91. The number of rotatable bonds is 5. The van der Waals surface area contributed by atoms with E-state index in [1.165, 1.54) is 7.11 Å². The molecule has 0 unspecified atom stereocenters. The van der Waals surface area contributed by atoms with E-state index in [9.17, 15) is 9.90 Å². The molecule has 2 rings (SSSR count). The molecule has 0 atom stereocenters. The van der Waals surface area contributed by atoms with Crippen molar-refractivity contribution in [2.24, 2.45) is 0 Å². The van der Waals surface area contributed by atoms with Gasteiger partial charge in [-0.25, -0.2) is 4.79 Å². The van der Waals surface area contributed by atoms with Gasteiger partial charge in [0.1, 0.15) is 11.5 Å². The van der Waals surface area contributed by atoms with Crippen molar-refractivity contribution in [2.45, 2.75) is 6.92 Å². The van der Waals surface area contributed by atoms with Gasteiger partial charge in [-0.2, -0.15) is 0 Å². The third kappa shape index (κ3) is 3.47. The fourth-order valence-electron chi connectivity index (χ4n) is 2.18. The fraction of sp³-hybridized carbons (Fsp3) is 0.167. The van der Waals surface area contributed by atoms with Gasteiger partial charge >= 0.3 is 5.97 Å². The second kappa shape index (κ2) is 6.80. The van der Waals surface area contributed by atoms with Gasteiger partial charge < -0.3 is 14.6 Å². The van der Waals surface area contributed by atoms with Crippen molar-refractivity contribution in [3.05, 3.63) is 59.2 Å². The maximum absolute atomic E-state index is 11.7. The van der Waals surface area contributed by atoms with Crippen LogP contribution in [0.5, 0.6) is 11.5 Å². The number of hydrogen-bond acceptors (Lipinski definition) is 3. The summed E-state index contributed by atoms with van der Waals surface area (Å²) in [4.78, 5) is 11.7. The molecule has 2 aromatic rings. The van der Waals surface area contributed by atoms with Crippen molar-refractivity contribution >= 4 is 17.6 Å². The van der Waals surface area contributed by atoms with E-state index in [0.29, 0.717) is 17.1 Å². The SMILES string of the molecule is COc1cccc(/C=C(\C(=O)O)c2cc(C)ccc2OC)c1. The second-order valence-electron chi connectivity index (χ2n) is 4.84. The normalized spacial score (nSPS) is 11.1. The summed E-state index contributed by atoms with van der Waals surface area (Å²) < 4.78 is 10.5. The zero-order valence-electron chi connectivity index (χ0n) is 12.8. The Labute approximate surface area is 129 Å². The molecule has 0 bridgehead atoms. The Morgan fingerprint density at radius 3 is 2.50 bits per heavy atom. The van der Waals surface area contributed by atoms with Gasteiger partial charge in [-0.15, -0.1) is 0 Å². The van der Waals surface area contributed by atoms with Crippen molar-refractivity contribution in [3.63, 3.8) is 0 Å². The smallest absolute Gasteiger partial charge is 0.336 e. The number of ether oxygens (including phenoxy) is 2. The van der Waals surface area contributed by atoms with Crippen LogP contribution in [0.3, 0.4) is 0 Å². The largest absolute Gasteiger partial charge is 0.497 e. The summed E-state index contributed by atoms with van der Waals surface area (Å²) in [5, 5.41) is 9.57. The van der Waals surface area contributed by atoms with Crippen LogP contribution in [-0.4, -0.2) is 25.3 Å². The van der Waals surface area contributed by atoms with E-state index in [2.05, 4.69) is 0 Å². The number of methoxy groups -OCH3 is 2. The van der Waals surface area contributed by atoms with Gasteiger partial charge in [-0.3, -0.25) is 0 Å². The van der Waals surface area contributed by atoms with E-state index in [1.807, 2.05) is 31.2 Å². The molecular weight excluding hydrogens is 280 g/mol. The molecule has 0 saturated heterocycles. The minimum atomic E-state index is -1.01. The first-order valence-electron chi connectivity index (χ1n) is 6.79. The predicted octanol–water partition coefficient (Wildman–Crippen LogP) is 3.64. The van der Waals surface area contributed by atoms with Crippen LogP contribution >= 0.6 is 0 Å². The molecule has 0 aliphatic rings. The summed E-state index contributed by atoms with van der Waals surface area (Å²) >= 11 is 0. The minimum absolute atomic E-state index is 0.175. The highest BCUT2D eigenvalue weighted by molar-refractivity contribution is 6.21. The van der Waals surface area contributed by atoms with Crippen LogP contribution in [0.2, 0.25) is 0 Å². The Morgan fingerprint density at radius 2 is 1.86 bits per heavy atom. The van der Waals surface area contributed by atoms with Crippen LogP contribution in [0, 0.1) is 6.92 Å². The number of carboxylic acid groups (broad SMARTS) is 1. The van der Waals surface area contributed by atoms with Gasteiger partial charge in [-0.05, 0) is 42.8 Å². The summed E-state index contributed by atoms with van der Waals surface area (Å²) in [6.07, 6.45) is 1.61. The Kier molecular flexibility index (Phi) is 4.84. The summed E-state index contributed by atoms with van der Waals surface area (Å²) in [5.41, 5.74) is 2.44. The van der Waals surface area contributed by atoms with Crippen molar-refractivity contribution < 1.29 is 19.4 Å². The van der Waals surface area contributed by atoms with Crippen molar-refractivity contribution in [1.29, 1.82) is 0 Å². The second-order valence-corrected chi connectivity index (χ2v) is 4.84. The van der Waals surface area contributed by atoms with E-state index in [-0.39, 0.29) is 5.57 Å². The first kappa shape index (κ1) is 15.6. The topological polar surface area (TPSA) is 55.8 Å². The van der Waals surface area contributed by atoms with E-state index in [4.69, 9.17) is 9.47 Å². The number of carbonyl (C=O) groups is 1. The molecule has 0 aromatic heterocycles. The minimum Gasteiger partial charge on any atom is -0.497 e. The summed E-state index contributed by atoms with van der Waals surface area (Å²) in [5.74, 6) is 0.198.